The van der Waals surface area contributed by atoms with Crippen LogP contribution in [0.3, 0.4) is 0 Å². The van der Waals surface area contributed by atoms with Gasteiger partial charge in [-0.2, -0.15) is 0 Å². The lowest BCUT2D eigenvalue weighted by atomic mass is 10.1. The first kappa shape index (κ1) is 24.3. The zero-order valence-corrected chi connectivity index (χ0v) is 20.2. The van der Waals surface area contributed by atoms with Crippen molar-refractivity contribution in [2.45, 2.75) is 13.5 Å². The second-order valence-corrected chi connectivity index (χ2v) is 8.70. The number of aryl methyl sites for hydroxylation is 1. The molecule has 0 aromatic heterocycles. The van der Waals surface area contributed by atoms with E-state index in [1.54, 1.807) is 24.3 Å². The predicted octanol–water partition coefficient (Wildman–Crippen LogP) is 5.41. The summed E-state index contributed by atoms with van der Waals surface area (Å²) in [5.41, 5.74) is 3.06. The molecule has 2 N–H and O–H groups in total. The highest BCUT2D eigenvalue weighted by Gasteiger charge is 2.35. The molecule has 0 spiro atoms. The Balaban J connectivity index is 1.43. The fourth-order valence-corrected chi connectivity index (χ4v) is 4.01. The van der Waals surface area contributed by atoms with Gasteiger partial charge in [-0.05, 0) is 48.4 Å². The van der Waals surface area contributed by atoms with Crippen molar-refractivity contribution >= 4 is 52.8 Å². The van der Waals surface area contributed by atoms with Crippen molar-refractivity contribution in [1.29, 1.82) is 0 Å². The van der Waals surface area contributed by atoms with Crippen molar-refractivity contribution in [2.24, 2.45) is 0 Å². The van der Waals surface area contributed by atoms with Crippen LogP contribution in [0, 0.1) is 6.92 Å². The fourth-order valence-electron chi connectivity index (χ4n) is 3.39. The van der Waals surface area contributed by atoms with Crippen LogP contribution < -0.4 is 15.4 Å². The Morgan fingerprint density at radius 2 is 1.69 bits per heavy atom. The normalized spacial score (nSPS) is 14.3. The summed E-state index contributed by atoms with van der Waals surface area (Å²) in [7, 11) is 0. The minimum Gasteiger partial charge on any atom is -0.486 e. The summed E-state index contributed by atoms with van der Waals surface area (Å²) in [6, 6.07) is 19.2. The highest BCUT2D eigenvalue weighted by molar-refractivity contribution is 6.37. The molecule has 35 heavy (non-hydrogen) atoms. The van der Waals surface area contributed by atoms with E-state index in [4.69, 9.17) is 27.9 Å². The van der Waals surface area contributed by atoms with Gasteiger partial charge in [0.15, 0.2) is 5.75 Å². The molecular formula is C26H21Cl2N3O4. The van der Waals surface area contributed by atoms with E-state index in [1.165, 1.54) is 6.08 Å². The van der Waals surface area contributed by atoms with Gasteiger partial charge >= 0.3 is 6.03 Å². The van der Waals surface area contributed by atoms with Crippen LogP contribution in [0.15, 0.2) is 72.4 Å². The van der Waals surface area contributed by atoms with E-state index in [0.717, 1.165) is 16.0 Å². The van der Waals surface area contributed by atoms with Crippen molar-refractivity contribution in [2.75, 3.05) is 11.9 Å². The molecule has 0 saturated carbocycles. The molecule has 7 nitrogen and oxygen atoms in total. The van der Waals surface area contributed by atoms with Crippen molar-refractivity contribution in [3.63, 3.8) is 0 Å². The summed E-state index contributed by atoms with van der Waals surface area (Å²) >= 11 is 12.7. The average Bonchev–Trinajstić information content (AvgIpc) is 3.08. The van der Waals surface area contributed by atoms with Gasteiger partial charge in [-0.1, -0.05) is 71.2 Å². The molecule has 9 heteroatoms. The van der Waals surface area contributed by atoms with Crippen LogP contribution in [-0.2, 0) is 16.2 Å². The maximum absolute atomic E-state index is 12.8. The summed E-state index contributed by atoms with van der Waals surface area (Å²) in [5.74, 6) is -0.814. The molecule has 0 radical (unpaired) electrons. The van der Waals surface area contributed by atoms with Gasteiger partial charge in [-0.15, -0.1) is 0 Å². The van der Waals surface area contributed by atoms with E-state index >= 15 is 0 Å². The summed E-state index contributed by atoms with van der Waals surface area (Å²) in [4.78, 5) is 38.3. The van der Waals surface area contributed by atoms with Crippen LogP contribution in [0.5, 0.6) is 5.75 Å². The van der Waals surface area contributed by atoms with Crippen LogP contribution in [0.4, 0.5) is 10.5 Å². The predicted molar refractivity (Wildman–Crippen MR) is 135 cm³/mol. The van der Waals surface area contributed by atoms with Crippen LogP contribution >= 0.6 is 23.2 Å². The van der Waals surface area contributed by atoms with E-state index in [2.05, 4.69) is 10.6 Å². The lowest BCUT2D eigenvalue weighted by molar-refractivity contribution is -0.127. The topological polar surface area (TPSA) is 87.7 Å². The number of imide groups is 1. The minimum atomic E-state index is -0.694. The molecular weight excluding hydrogens is 489 g/mol. The van der Waals surface area contributed by atoms with Gasteiger partial charge in [-0.3, -0.25) is 9.59 Å². The van der Waals surface area contributed by atoms with Gasteiger partial charge in [0.1, 0.15) is 18.8 Å². The number of benzene rings is 3. The number of halogens is 2. The van der Waals surface area contributed by atoms with Gasteiger partial charge in [0.25, 0.3) is 5.91 Å². The highest BCUT2D eigenvalue weighted by Crippen LogP contribution is 2.35. The van der Waals surface area contributed by atoms with Crippen LogP contribution in [0.25, 0.3) is 6.08 Å². The molecule has 1 aliphatic rings. The standard InChI is InChI=1S/C26H21Cl2N3O4/c1-16-7-9-19(10-8-16)29-23(32)14-31-25(33)22(30-26(31)34)13-18-11-20(27)24(21(28)12-18)35-15-17-5-3-2-4-6-17/h2-13H,14-15H2,1H3,(H,29,32)(H,30,34)/b22-13+. The van der Waals surface area contributed by atoms with E-state index in [-0.39, 0.29) is 22.3 Å². The molecule has 1 aliphatic heterocycles. The maximum atomic E-state index is 12.8. The third-order valence-electron chi connectivity index (χ3n) is 5.16. The molecule has 4 rings (SSSR count). The van der Waals surface area contributed by atoms with Crippen molar-refractivity contribution in [3.05, 3.63) is 99.2 Å². The average molecular weight is 510 g/mol. The van der Waals surface area contributed by atoms with Crippen LogP contribution in [0.1, 0.15) is 16.7 Å². The van der Waals surface area contributed by atoms with Crippen molar-refractivity contribution in [3.8, 4) is 5.75 Å². The molecule has 1 heterocycles. The van der Waals surface area contributed by atoms with Crippen LogP contribution in [0.2, 0.25) is 10.0 Å². The Hall–Kier alpha value is -3.81. The number of ether oxygens (including phenoxy) is 1. The van der Waals surface area contributed by atoms with E-state index < -0.39 is 24.4 Å². The van der Waals surface area contributed by atoms with Gasteiger partial charge in [0.05, 0.1) is 10.0 Å². The maximum Gasteiger partial charge on any atom is 0.329 e. The van der Waals surface area contributed by atoms with Crippen LogP contribution in [-0.4, -0.2) is 29.3 Å². The molecule has 3 aromatic rings. The van der Waals surface area contributed by atoms with Gasteiger partial charge in [-0.25, -0.2) is 9.69 Å². The van der Waals surface area contributed by atoms with E-state index in [1.807, 2.05) is 49.4 Å². The third kappa shape index (κ3) is 6.01. The Morgan fingerprint density at radius 3 is 2.34 bits per heavy atom. The summed E-state index contributed by atoms with van der Waals surface area (Å²) in [5, 5.41) is 5.66. The monoisotopic (exact) mass is 509 g/mol. The molecule has 0 aliphatic carbocycles. The molecule has 1 fully saturated rings. The second-order valence-electron chi connectivity index (χ2n) is 7.88. The number of nitrogens with zero attached hydrogens (tertiary/aromatic N) is 1. The van der Waals surface area contributed by atoms with Crippen molar-refractivity contribution in [1.82, 2.24) is 10.2 Å². The Labute approximate surface area is 212 Å². The van der Waals surface area contributed by atoms with Crippen molar-refractivity contribution < 1.29 is 19.1 Å². The molecule has 0 bridgehead atoms. The number of anilines is 1. The number of urea groups is 1. The molecule has 0 unspecified atom stereocenters. The number of carbonyl (C=O) groups excluding carboxylic acids is 3. The third-order valence-corrected chi connectivity index (χ3v) is 5.72. The summed E-state index contributed by atoms with van der Waals surface area (Å²) in [6.45, 7) is 1.79. The number of amides is 4. The zero-order valence-electron chi connectivity index (χ0n) is 18.7. The quantitative estimate of drug-likeness (QED) is 0.329. The Kier molecular flexibility index (Phi) is 7.39. The first-order valence-electron chi connectivity index (χ1n) is 10.7. The number of hydrogen-bond acceptors (Lipinski definition) is 4. The summed E-state index contributed by atoms with van der Waals surface area (Å²) < 4.78 is 5.76. The lowest BCUT2D eigenvalue weighted by Gasteiger charge is -2.12. The molecule has 4 amide bonds. The van der Waals surface area contributed by atoms with Gasteiger partial charge < -0.3 is 15.4 Å². The molecule has 0 atom stereocenters. The first-order valence-corrected chi connectivity index (χ1v) is 11.4. The number of carbonyl (C=O) groups is 3. The fraction of sp³-hybridized carbons (Fsp3) is 0.115. The second kappa shape index (κ2) is 10.6. The minimum absolute atomic E-state index is 0.00298. The van der Waals surface area contributed by atoms with Gasteiger partial charge in [0, 0.05) is 5.69 Å². The Morgan fingerprint density at radius 1 is 1.03 bits per heavy atom. The van der Waals surface area contributed by atoms with E-state index in [9.17, 15) is 14.4 Å². The smallest absolute Gasteiger partial charge is 0.329 e. The molecule has 3 aromatic carbocycles. The molecule has 1 saturated heterocycles. The molecule has 178 valence electrons. The zero-order chi connectivity index (χ0) is 24.9. The summed E-state index contributed by atoms with van der Waals surface area (Å²) in [6.07, 6.45) is 1.44. The number of hydrogen-bond donors (Lipinski definition) is 2. The van der Waals surface area contributed by atoms with E-state index in [0.29, 0.717) is 17.0 Å². The number of rotatable bonds is 7. The Bertz CT molecular complexity index is 1280. The first-order chi connectivity index (χ1) is 16.8. The van der Waals surface area contributed by atoms with Gasteiger partial charge in [0.2, 0.25) is 5.91 Å². The highest BCUT2D eigenvalue weighted by atomic mass is 35.5. The SMILES string of the molecule is Cc1ccc(NC(=O)CN2C(=O)N/C(=C/c3cc(Cl)c(OCc4ccccc4)c(Cl)c3)C2=O)cc1. The number of nitrogens with one attached hydrogen (secondary N) is 2. The lowest BCUT2D eigenvalue weighted by Crippen LogP contribution is -2.38. The largest absolute Gasteiger partial charge is 0.486 e.